The summed E-state index contributed by atoms with van der Waals surface area (Å²) in [5.74, 6) is 2.54. The zero-order valence-corrected chi connectivity index (χ0v) is 18.7. The van der Waals surface area contributed by atoms with Gasteiger partial charge in [0.2, 0.25) is 0 Å². The molecule has 0 spiro atoms. The van der Waals surface area contributed by atoms with E-state index in [1.165, 1.54) is 33.8 Å². The molecule has 0 N–H and O–H groups in total. The van der Waals surface area contributed by atoms with E-state index in [9.17, 15) is 17.3 Å². The van der Waals surface area contributed by atoms with Crippen molar-refractivity contribution in [2.24, 2.45) is 0 Å². The van der Waals surface area contributed by atoms with Crippen LogP contribution in [0.25, 0.3) is 0 Å². The minimum absolute atomic E-state index is 0.591. The summed E-state index contributed by atoms with van der Waals surface area (Å²) < 4.78 is 39.6. The van der Waals surface area contributed by atoms with E-state index in [0.717, 1.165) is 0 Å². The van der Waals surface area contributed by atoms with E-state index >= 15 is 0 Å². The second-order valence-corrected chi connectivity index (χ2v) is 13.6. The van der Waals surface area contributed by atoms with Crippen molar-refractivity contribution in [1.82, 2.24) is 0 Å². The number of halogens is 4. The van der Waals surface area contributed by atoms with Gasteiger partial charge < -0.3 is 17.3 Å². The minimum Gasteiger partial charge on any atom is -0.418 e. The van der Waals surface area contributed by atoms with E-state index in [4.69, 9.17) is 0 Å². The molecule has 3 aromatic rings. The largest absolute Gasteiger partial charge is 0.673 e. The second kappa shape index (κ2) is 10.7. The number of benzene rings is 3. The Kier molecular flexibility index (Phi) is 8.32. The molecule has 158 valence electrons. The molecule has 1 saturated heterocycles. The van der Waals surface area contributed by atoms with Gasteiger partial charge >= 0.3 is 7.25 Å². The molecule has 0 saturated carbocycles. The molecule has 1 aliphatic heterocycles. The van der Waals surface area contributed by atoms with E-state index in [1.807, 2.05) is 0 Å². The number of rotatable bonds is 4. The lowest BCUT2D eigenvalue weighted by molar-refractivity contribution is 0.368. The molecule has 0 radical (unpaired) electrons. The Bertz CT molecular complexity index is 787. The molecule has 0 aliphatic carbocycles. The normalized spacial score (nSPS) is 15.2. The molecular formula is C22H22BF4PS2. The molecule has 0 aromatic heterocycles. The fraction of sp³-hybridized carbons (Fsp3) is 0.182. The summed E-state index contributed by atoms with van der Waals surface area (Å²) in [7, 11) is -7.70. The van der Waals surface area contributed by atoms with Gasteiger partial charge in [-0.2, -0.15) is 0 Å². The first-order valence-corrected chi connectivity index (χ1v) is 13.5. The number of thioether (sulfide) groups is 2. The Morgan fingerprint density at radius 1 is 0.600 bits per heavy atom. The van der Waals surface area contributed by atoms with Crippen molar-refractivity contribution in [2.75, 3.05) is 11.5 Å². The first-order chi connectivity index (χ1) is 14.4. The first-order valence-electron chi connectivity index (χ1n) is 9.58. The van der Waals surface area contributed by atoms with Crippen molar-refractivity contribution in [1.29, 1.82) is 0 Å². The summed E-state index contributed by atoms with van der Waals surface area (Å²) in [5.41, 5.74) is 0. The van der Waals surface area contributed by atoms with Gasteiger partial charge in [-0.1, -0.05) is 54.6 Å². The highest BCUT2D eigenvalue weighted by Gasteiger charge is 2.53. The van der Waals surface area contributed by atoms with Crippen LogP contribution in [0.15, 0.2) is 91.0 Å². The molecule has 0 nitrogen and oxygen atoms in total. The fourth-order valence-corrected chi connectivity index (χ4v) is 13.8. The highest BCUT2D eigenvalue weighted by atomic mass is 32.2. The zero-order valence-electron chi connectivity index (χ0n) is 16.2. The number of hydrogen-bond donors (Lipinski definition) is 0. The Morgan fingerprint density at radius 2 is 0.900 bits per heavy atom. The fourth-order valence-electron chi connectivity index (χ4n) is 3.50. The van der Waals surface area contributed by atoms with Gasteiger partial charge in [0.1, 0.15) is 23.2 Å². The molecule has 1 aliphatic rings. The van der Waals surface area contributed by atoms with Crippen LogP contribution in [0.5, 0.6) is 0 Å². The van der Waals surface area contributed by atoms with Crippen molar-refractivity contribution in [2.45, 2.75) is 10.7 Å². The predicted octanol–water partition coefficient (Wildman–Crippen LogP) is 6.43. The Morgan fingerprint density at radius 3 is 1.20 bits per heavy atom. The molecular weight excluding hydrogens is 446 g/mol. The molecule has 3 aromatic carbocycles. The molecule has 0 unspecified atom stereocenters. The summed E-state index contributed by atoms with van der Waals surface area (Å²) >= 11 is 4.33. The van der Waals surface area contributed by atoms with Gasteiger partial charge in [-0.25, -0.2) is 0 Å². The molecule has 0 atom stereocenters. The van der Waals surface area contributed by atoms with Crippen molar-refractivity contribution in [3.63, 3.8) is 0 Å². The summed E-state index contributed by atoms with van der Waals surface area (Å²) in [6.07, 6.45) is 1.32. The third-order valence-electron chi connectivity index (χ3n) is 4.62. The lowest BCUT2D eigenvalue weighted by Gasteiger charge is -2.35. The lowest BCUT2D eigenvalue weighted by atomic mass is 10.3. The van der Waals surface area contributed by atoms with Gasteiger partial charge in [0.05, 0.1) is 0 Å². The Hall–Kier alpha value is -1.43. The third kappa shape index (κ3) is 5.84. The minimum atomic E-state index is -6.00. The maximum Gasteiger partial charge on any atom is 0.673 e. The predicted molar refractivity (Wildman–Crippen MR) is 129 cm³/mol. The first kappa shape index (κ1) is 23.2. The topological polar surface area (TPSA) is 0 Å². The van der Waals surface area contributed by atoms with Gasteiger partial charge in [0.15, 0.2) is 4.32 Å². The summed E-state index contributed by atoms with van der Waals surface area (Å²) in [6.45, 7) is 0. The van der Waals surface area contributed by atoms with Crippen LogP contribution in [0.4, 0.5) is 17.3 Å². The molecule has 4 rings (SSSR count). The van der Waals surface area contributed by atoms with Crippen LogP contribution in [0.2, 0.25) is 0 Å². The molecule has 8 heteroatoms. The maximum absolute atomic E-state index is 9.75. The molecule has 0 amide bonds. The van der Waals surface area contributed by atoms with Crippen LogP contribution >= 0.6 is 30.8 Å². The quantitative estimate of drug-likeness (QED) is 0.246. The molecule has 0 bridgehead atoms. The SMILES string of the molecule is F[B-](F)(F)F.c1ccc([P+](c2ccccc2)(c2ccccc2)C2SCCCS2)cc1. The maximum atomic E-state index is 9.75. The summed E-state index contributed by atoms with van der Waals surface area (Å²) in [4.78, 5) is 0. The lowest BCUT2D eigenvalue weighted by Crippen LogP contribution is -2.37. The molecule has 1 fully saturated rings. The van der Waals surface area contributed by atoms with Gasteiger partial charge in [0.25, 0.3) is 0 Å². The highest BCUT2D eigenvalue weighted by molar-refractivity contribution is 8.30. The van der Waals surface area contributed by atoms with E-state index in [1.54, 1.807) is 0 Å². The monoisotopic (exact) mass is 468 g/mol. The van der Waals surface area contributed by atoms with Crippen molar-refractivity contribution >= 4 is 54.0 Å². The van der Waals surface area contributed by atoms with Crippen LogP contribution < -0.4 is 15.9 Å². The van der Waals surface area contributed by atoms with Gasteiger partial charge in [-0.05, 0) is 54.3 Å². The third-order valence-corrected chi connectivity index (χ3v) is 13.8. The summed E-state index contributed by atoms with van der Waals surface area (Å²) in [6, 6.07) is 33.7. The van der Waals surface area contributed by atoms with E-state index in [2.05, 4.69) is 115 Å². The van der Waals surface area contributed by atoms with Gasteiger partial charge in [0, 0.05) is 0 Å². The van der Waals surface area contributed by atoms with E-state index in [-0.39, 0.29) is 0 Å². The highest BCUT2D eigenvalue weighted by Crippen LogP contribution is 2.67. The molecule has 1 heterocycles. The van der Waals surface area contributed by atoms with Crippen LogP contribution in [-0.4, -0.2) is 23.1 Å². The Balaban J connectivity index is 0.000000461. The van der Waals surface area contributed by atoms with E-state index in [0.29, 0.717) is 4.32 Å². The average molecular weight is 468 g/mol. The van der Waals surface area contributed by atoms with Crippen LogP contribution in [0.1, 0.15) is 6.42 Å². The smallest absolute Gasteiger partial charge is 0.418 e. The zero-order chi connectivity index (χ0) is 21.5. The van der Waals surface area contributed by atoms with Gasteiger partial charge in [-0.15, -0.1) is 23.5 Å². The number of hydrogen-bond acceptors (Lipinski definition) is 2. The standard InChI is InChI=1S/C22H22PS2.BF4/c1-4-11-19(12-5-1)23(20-13-6-2-7-14-20,21-15-8-3-9-16-21)22-24-17-10-18-25-22;2-1(3,4)5/h1-9,11-16,22H,10,17-18H2;/q+1;-1. The van der Waals surface area contributed by atoms with Crippen LogP contribution in [-0.2, 0) is 0 Å². The summed E-state index contributed by atoms with van der Waals surface area (Å²) in [5, 5.41) is 4.50. The van der Waals surface area contributed by atoms with Crippen LogP contribution in [0, 0.1) is 0 Å². The van der Waals surface area contributed by atoms with Crippen molar-refractivity contribution < 1.29 is 17.3 Å². The molecule has 30 heavy (non-hydrogen) atoms. The Labute approximate surface area is 184 Å². The second-order valence-electron chi connectivity index (χ2n) is 6.63. The van der Waals surface area contributed by atoms with Gasteiger partial charge in [-0.3, -0.25) is 0 Å². The average Bonchev–Trinajstić information content (AvgIpc) is 2.76. The van der Waals surface area contributed by atoms with Crippen LogP contribution in [0.3, 0.4) is 0 Å². The van der Waals surface area contributed by atoms with Crippen molar-refractivity contribution in [3.8, 4) is 0 Å². The van der Waals surface area contributed by atoms with E-state index < -0.39 is 14.5 Å². The van der Waals surface area contributed by atoms with Crippen molar-refractivity contribution in [3.05, 3.63) is 91.0 Å².